The number of hydrogen-bond donors (Lipinski definition) is 1. The number of nitrogens with one attached hydrogen (secondary N) is 1. The number of carbonyl (C=O) groups is 1. The molecule has 0 atom stereocenters. The molecule has 3 aromatic rings. The maximum Gasteiger partial charge on any atom is 0.227 e. The molecule has 3 rings (SSSR count). The van der Waals surface area contributed by atoms with Crippen LogP contribution < -0.4 is 14.8 Å². The number of amides is 1. The Hall–Kier alpha value is -3.34. The molecular weight excluding hydrogens is 352 g/mol. The van der Waals surface area contributed by atoms with Gasteiger partial charge in [-0.15, -0.1) is 0 Å². The molecule has 0 saturated heterocycles. The summed E-state index contributed by atoms with van der Waals surface area (Å²) in [5, 5.41) is 2.88. The molecule has 1 N–H and O–H groups in total. The van der Waals surface area contributed by atoms with Gasteiger partial charge in [0.2, 0.25) is 5.91 Å². The number of aryl methyl sites for hydroxylation is 2. The first-order valence-corrected chi connectivity index (χ1v) is 9.22. The number of rotatable bonds is 8. The van der Waals surface area contributed by atoms with Crippen molar-refractivity contribution in [3.63, 3.8) is 0 Å². The first-order chi connectivity index (χ1) is 13.6. The summed E-state index contributed by atoms with van der Waals surface area (Å²) in [6.45, 7) is 4.79. The molecule has 28 heavy (non-hydrogen) atoms. The van der Waals surface area contributed by atoms with E-state index in [0.29, 0.717) is 24.7 Å². The Labute approximate surface area is 165 Å². The minimum atomic E-state index is -0.103. The highest BCUT2D eigenvalue weighted by molar-refractivity contribution is 5.90. The van der Waals surface area contributed by atoms with Crippen molar-refractivity contribution in [3.05, 3.63) is 83.7 Å². The Kier molecular flexibility index (Phi) is 6.63. The predicted octanol–water partition coefficient (Wildman–Crippen LogP) is 4.69. The molecule has 0 fully saturated rings. The van der Waals surface area contributed by atoms with E-state index in [0.717, 1.165) is 16.9 Å². The van der Waals surface area contributed by atoms with E-state index >= 15 is 0 Å². The van der Waals surface area contributed by atoms with Crippen molar-refractivity contribution >= 4 is 11.6 Å². The van der Waals surface area contributed by atoms with Gasteiger partial charge >= 0.3 is 0 Å². The third kappa shape index (κ3) is 5.84. The molecule has 0 unspecified atom stereocenters. The molecule has 2 aromatic carbocycles. The van der Waals surface area contributed by atoms with Gasteiger partial charge in [-0.25, -0.2) is 0 Å². The second-order valence-electron chi connectivity index (χ2n) is 6.59. The highest BCUT2D eigenvalue weighted by atomic mass is 16.5. The Morgan fingerprint density at radius 2 is 1.93 bits per heavy atom. The number of benzene rings is 2. The van der Waals surface area contributed by atoms with E-state index < -0.39 is 0 Å². The van der Waals surface area contributed by atoms with Crippen molar-refractivity contribution in [2.24, 2.45) is 0 Å². The van der Waals surface area contributed by atoms with Crippen LogP contribution in [0, 0.1) is 13.8 Å². The summed E-state index contributed by atoms with van der Waals surface area (Å²) < 4.78 is 11.5. The van der Waals surface area contributed by atoms with E-state index in [4.69, 9.17) is 9.47 Å². The number of aromatic nitrogens is 1. The summed E-state index contributed by atoms with van der Waals surface area (Å²) >= 11 is 0. The van der Waals surface area contributed by atoms with Gasteiger partial charge in [0, 0.05) is 29.7 Å². The van der Waals surface area contributed by atoms with Crippen LogP contribution in [0.15, 0.2) is 67.0 Å². The zero-order chi connectivity index (χ0) is 19.8. The lowest BCUT2D eigenvalue weighted by Crippen LogP contribution is -2.15. The van der Waals surface area contributed by atoms with E-state index in [1.807, 2.05) is 56.3 Å². The molecule has 0 aliphatic heterocycles. The Bertz CT molecular complexity index is 926. The summed E-state index contributed by atoms with van der Waals surface area (Å²) in [7, 11) is 0. The van der Waals surface area contributed by atoms with E-state index in [9.17, 15) is 4.79 Å². The van der Waals surface area contributed by atoms with Crippen LogP contribution in [0.25, 0.3) is 0 Å². The molecule has 1 heterocycles. The van der Waals surface area contributed by atoms with E-state index in [-0.39, 0.29) is 12.3 Å². The largest absolute Gasteiger partial charge is 0.493 e. The number of nitrogens with zero attached hydrogens (tertiary/aromatic N) is 1. The van der Waals surface area contributed by atoms with Crippen molar-refractivity contribution < 1.29 is 14.3 Å². The Balaban J connectivity index is 1.47. The smallest absolute Gasteiger partial charge is 0.227 e. The van der Waals surface area contributed by atoms with Gasteiger partial charge in [-0.3, -0.25) is 9.78 Å². The summed E-state index contributed by atoms with van der Waals surface area (Å²) in [5.74, 6) is 1.39. The van der Waals surface area contributed by atoms with Crippen molar-refractivity contribution in [2.45, 2.75) is 26.9 Å². The zero-order valence-electron chi connectivity index (χ0n) is 16.1. The maximum atomic E-state index is 12.2. The third-order valence-corrected chi connectivity index (χ3v) is 4.16. The molecule has 0 bridgehead atoms. The van der Waals surface area contributed by atoms with Crippen LogP contribution in [-0.4, -0.2) is 17.5 Å². The van der Waals surface area contributed by atoms with Crippen LogP contribution in [-0.2, 0) is 11.4 Å². The van der Waals surface area contributed by atoms with Gasteiger partial charge in [0.15, 0.2) is 0 Å². The third-order valence-electron chi connectivity index (χ3n) is 4.16. The average molecular weight is 376 g/mol. The maximum absolute atomic E-state index is 12.2. The van der Waals surface area contributed by atoms with Crippen molar-refractivity contribution in [1.29, 1.82) is 0 Å². The average Bonchev–Trinajstić information content (AvgIpc) is 2.69. The molecule has 0 spiro atoms. The second kappa shape index (κ2) is 9.55. The molecule has 1 aromatic heterocycles. The number of hydrogen-bond acceptors (Lipinski definition) is 4. The Morgan fingerprint density at radius 3 is 2.71 bits per heavy atom. The summed E-state index contributed by atoms with van der Waals surface area (Å²) in [4.78, 5) is 16.3. The van der Waals surface area contributed by atoms with Gasteiger partial charge in [0.1, 0.15) is 18.1 Å². The highest BCUT2D eigenvalue weighted by Crippen LogP contribution is 2.20. The lowest BCUT2D eigenvalue weighted by molar-refractivity contribution is -0.116. The van der Waals surface area contributed by atoms with E-state index in [1.54, 1.807) is 18.5 Å². The fraction of sp³-hybridized carbons (Fsp3) is 0.217. The quantitative estimate of drug-likeness (QED) is 0.620. The number of pyridine rings is 1. The Morgan fingerprint density at radius 1 is 1.04 bits per heavy atom. The van der Waals surface area contributed by atoms with Crippen LogP contribution in [0.4, 0.5) is 5.69 Å². The van der Waals surface area contributed by atoms with E-state index in [1.165, 1.54) is 5.56 Å². The predicted molar refractivity (Wildman–Crippen MR) is 110 cm³/mol. The first kappa shape index (κ1) is 19.4. The van der Waals surface area contributed by atoms with Gasteiger partial charge in [-0.05, 0) is 43.7 Å². The summed E-state index contributed by atoms with van der Waals surface area (Å²) in [5.41, 5.74) is 3.94. The first-order valence-electron chi connectivity index (χ1n) is 9.22. The molecular formula is C23H24N2O3. The SMILES string of the molecule is Cc1ccc(OCCC(=O)Nc2cccc(OCc3cccnc3)c2)c(C)c1. The topological polar surface area (TPSA) is 60.5 Å². The van der Waals surface area contributed by atoms with E-state index in [2.05, 4.69) is 16.4 Å². The minimum absolute atomic E-state index is 0.103. The van der Waals surface area contributed by atoms with Crippen LogP contribution in [0.2, 0.25) is 0 Å². The van der Waals surface area contributed by atoms with Crippen LogP contribution in [0.1, 0.15) is 23.1 Å². The fourth-order valence-electron chi connectivity index (χ4n) is 2.75. The second-order valence-corrected chi connectivity index (χ2v) is 6.59. The van der Waals surface area contributed by atoms with Crippen molar-refractivity contribution in [3.8, 4) is 11.5 Å². The number of ether oxygens (including phenoxy) is 2. The van der Waals surface area contributed by atoms with Gasteiger partial charge in [0.25, 0.3) is 0 Å². The standard InChI is InChI=1S/C23H24N2O3/c1-17-8-9-22(18(2)13-17)27-12-10-23(26)25-20-6-3-7-21(14-20)28-16-19-5-4-11-24-15-19/h3-9,11,13-15H,10,12,16H2,1-2H3,(H,25,26). The van der Waals surface area contributed by atoms with Gasteiger partial charge in [-0.1, -0.05) is 29.8 Å². The van der Waals surface area contributed by atoms with Crippen LogP contribution in [0.5, 0.6) is 11.5 Å². The molecule has 1 amide bonds. The van der Waals surface area contributed by atoms with Gasteiger partial charge in [-0.2, -0.15) is 0 Å². The molecule has 5 heteroatoms. The van der Waals surface area contributed by atoms with Crippen LogP contribution >= 0.6 is 0 Å². The lowest BCUT2D eigenvalue weighted by atomic mass is 10.1. The van der Waals surface area contributed by atoms with Gasteiger partial charge in [0.05, 0.1) is 13.0 Å². The molecule has 5 nitrogen and oxygen atoms in total. The summed E-state index contributed by atoms with van der Waals surface area (Å²) in [6.07, 6.45) is 3.76. The number of anilines is 1. The lowest BCUT2D eigenvalue weighted by Gasteiger charge is -2.11. The van der Waals surface area contributed by atoms with Crippen LogP contribution in [0.3, 0.4) is 0 Å². The monoisotopic (exact) mass is 376 g/mol. The van der Waals surface area contributed by atoms with Crippen molar-refractivity contribution in [1.82, 2.24) is 4.98 Å². The summed E-state index contributed by atoms with van der Waals surface area (Å²) in [6, 6.07) is 17.2. The molecule has 0 radical (unpaired) electrons. The molecule has 0 saturated carbocycles. The number of carbonyl (C=O) groups excluding carboxylic acids is 1. The highest BCUT2D eigenvalue weighted by Gasteiger charge is 2.06. The fourth-order valence-corrected chi connectivity index (χ4v) is 2.75. The zero-order valence-corrected chi connectivity index (χ0v) is 16.1. The normalized spacial score (nSPS) is 10.4. The van der Waals surface area contributed by atoms with Crippen molar-refractivity contribution in [2.75, 3.05) is 11.9 Å². The molecule has 0 aliphatic carbocycles. The molecule has 0 aliphatic rings. The minimum Gasteiger partial charge on any atom is -0.493 e. The van der Waals surface area contributed by atoms with Gasteiger partial charge < -0.3 is 14.8 Å². The molecule has 144 valence electrons.